The molecule has 0 spiro atoms. The zero-order valence-corrected chi connectivity index (χ0v) is 6.25. The molecule has 0 radical (unpaired) electrons. The molecule has 2 saturated heterocycles. The number of ether oxygens (including phenoxy) is 2. The Bertz CT molecular complexity index is 107. The average Bonchev–Trinajstić information content (AvgIpc) is 1.52. The smallest absolute Gasteiger partial charge is 0.0645 e. The van der Waals surface area contributed by atoms with Crippen LogP contribution in [0.1, 0.15) is 0 Å². The van der Waals surface area contributed by atoms with Gasteiger partial charge in [0.25, 0.3) is 0 Å². The molecule has 3 nitrogen and oxygen atoms in total. The van der Waals surface area contributed by atoms with Gasteiger partial charge >= 0.3 is 0 Å². The van der Waals surface area contributed by atoms with Crippen molar-refractivity contribution < 1.29 is 9.47 Å². The van der Waals surface area contributed by atoms with E-state index in [2.05, 4.69) is 11.9 Å². The van der Waals surface area contributed by atoms with E-state index in [9.17, 15) is 0 Å². The van der Waals surface area contributed by atoms with Crippen LogP contribution in [0.3, 0.4) is 0 Å². The lowest BCUT2D eigenvalue weighted by Gasteiger charge is -2.43. The summed E-state index contributed by atoms with van der Waals surface area (Å²) in [6.45, 7) is 3.64. The fraction of sp³-hybridized carbons (Fsp3) is 1.00. The first-order valence-electron chi connectivity index (χ1n) is 3.75. The molecule has 2 aliphatic rings. The largest absolute Gasteiger partial charge is 0.378 e. The van der Waals surface area contributed by atoms with Gasteiger partial charge in [0.15, 0.2) is 0 Å². The molecule has 0 N–H and O–H groups in total. The van der Waals surface area contributed by atoms with Gasteiger partial charge < -0.3 is 9.47 Å². The summed E-state index contributed by atoms with van der Waals surface area (Å²) < 4.78 is 10.2. The molecule has 10 heavy (non-hydrogen) atoms. The number of hydrogen-bond donors (Lipinski definition) is 0. The Morgan fingerprint density at radius 2 is 1.40 bits per heavy atom. The van der Waals surface area contributed by atoms with Crippen LogP contribution in [0.2, 0.25) is 0 Å². The summed E-state index contributed by atoms with van der Waals surface area (Å²) in [6.07, 6.45) is 0. The van der Waals surface area contributed by atoms with Crippen molar-refractivity contribution in [2.75, 3.05) is 33.5 Å². The Hall–Kier alpha value is -0.120. The van der Waals surface area contributed by atoms with Crippen LogP contribution in [0, 0.1) is 0 Å². The number of rotatable bonds is 2. The van der Waals surface area contributed by atoms with E-state index in [1.54, 1.807) is 0 Å². The first-order valence-corrected chi connectivity index (χ1v) is 3.75. The minimum absolute atomic E-state index is 0.661. The van der Waals surface area contributed by atoms with Crippen molar-refractivity contribution in [2.45, 2.75) is 12.1 Å². The lowest BCUT2D eigenvalue weighted by atomic mass is 10.1. The quantitative estimate of drug-likeness (QED) is 0.530. The maximum Gasteiger partial charge on any atom is 0.0645 e. The molecule has 2 fully saturated rings. The minimum Gasteiger partial charge on any atom is -0.378 e. The Morgan fingerprint density at radius 1 is 1.00 bits per heavy atom. The van der Waals surface area contributed by atoms with Gasteiger partial charge in [-0.25, -0.2) is 0 Å². The topological polar surface area (TPSA) is 21.7 Å². The Morgan fingerprint density at radius 3 is 1.60 bits per heavy atom. The molecular weight excluding hydrogens is 130 g/mol. The number of hydrogen-bond acceptors (Lipinski definition) is 3. The molecule has 3 heteroatoms. The van der Waals surface area contributed by atoms with Gasteiger partial charge in [0.05, 0.1) is 38.5 Å². The maximum atomic E-state index is 5.09. The first-order chi connectivity index (χ1) is 4.88. The second-order valence-electron chi connectivity index (χ2n) is 3.05. The van der Waals surface area contributed by atoms with Crippen molar-refractivity contribution >= 4 is 0 Å². The molecule has 0 atom stereocenters. The third kappa shape index (κ3) is 0.944. The van der Waals surface area contributed by atoms with E-state index >= 15 is 0 Å². The molecule has 0 aromatic heterocycles. The molecule has 0 saturated carbocycles. The van der Waals surface area contributed by atoms with Crippen LogP contribution in [0.25, 0.3) is 0 Å². The molecule has 0 amide bonds. The normalized spacial score (nSPS) is 28.2. The minimum atomic E-state index is 0.661. The van der Waals surface area contributed by atoms with Crippen molar-refractivity contribution in [3.8, 4) is 0 Å². The summed E-state index contributed by atoms with van der Waals surface area (Å²) in [5.41, 5.74) is 0. The summed E-state index contributed by atoms with van der Waals surface area (Å²) in [7, 11) is 2.15. The summed E-state index contributed by atoms with van der Waals surface area (Å²) in [4.78, 5) is 2.37. The molecule has 2 heterocycles. The van der Waals surface area contributed by atoms with Crippen molar-refractivity contribution in [1.82, 2.24) is 4.90 Å². The van der Waals surface area contributed by atoms with E-state index in [0.717, 1.165) is 26.4 Å². The van der Waals surface area contributed by atoms with Crippen molar-refractivity contribution in [3.05, 3.63) is 0 Å². The highest BCUT2D eigenvalue weighted by Gasteiger charge is 2.32. The van der Waals surface area contributed by atoms with Crippen LogP contribution in [-0.4, -0.2) is 50.5 Å². The van der Waals surface area contributed by atoms with E-state index in [4.69, 9.17) is 9.47 Å². The fourth-order valence-corrected chi connectivity index (χ4v) is 1.21. The van der Waals surface area contributed by atoms with Gasteiger partial charge in [-0.3, -0.25) is 4.90 Å². The molecule has 2 aliphatic heterocycles. The van der Waals surface area contributed by atoms with E-state index in [0.29, 0.717) is 12.1 Å². The van der Waals surface area contributed by atoms with E-state index in [1.807, 2.05) is 0 Å². The van der Waals surface area contributed by atoms with Gasteiger partial charge in [0, 0.05) is 0 Å². The molecule has 0 aliphatic carbocycles. The Kier molecular flexibility index (Phi) is 1.64. The third-order valence-corrected chi connectivity index (χ3v) is 2.39. The van der Waals surface area contributed by atoms with Crippen LogP contribution < -0.4 is 0 Å². The van der Waals surface area contributed by atoms with E-state index in [1.165, 1.54) is 0 Å². The van der Waals surface area contributed by atoms with E-state index in [-0.39, 0.29) is 0 Å². The Balaban J connectivity index is 1.79. The lowest BCUT2D eigenvalue weighted by Crippen LogP contribution is -2.57. The highest BCUT2D eigenvalue weighted by Crippen LogP contribution is 2.16. The molecule has 0 bridgehead atoms. The predicted octanol–water partition coefficient (Wildman–Crippen LogP) is -0.284. The molecule has 58 valence electrons. The Labute approximate surface area is 60.9 Å². The number of nitrogens with zero attached hydrogens (tertiary/aromatic N) is 1. The summed E-state index contributed by atoms with van der Waals surface area (Å²) >= 11 is 0. The van der Waals surface area contributed by atoms with Crippen molar-refractivity contribution in [1.29, 1.82) is 0 Å². The number of likely N-dealkylation sites (N-methyl/N-ethyl adjacent to an activating group) is 1. The second kappa shape index (κ2) is 2.49. The molecular formula is C7H13NO2. The van der Waals surface area contributed by atoms with Crippen LogP contribution in [-0.2, 0) is 9.47 Å². The summed E-state index contributed by atoms with van der Waals surface area (Å²) in [5, 5.41) is 0. The molecule has 0 aromatic carbocycles. The fourth-order valence-electron chi connectivity index (χ4n) is 1.21. The van der Waals surface area contributed by atoms with Gasteiger partial charge in [0.1, 0.15) is 0 Å². The summed E-state index contributed by atoms with van der Waals surface area (Å²) in [6, 6.07) is 1.32. The van der Waals surface area contributed by atoms with Crippen LogP contribution >= 0.6 is 0 Å². The van der Waals surface area contributed by atoms with Gasteiger partial charge in [-0.05, 0) is 7.05 Å². The van der Waals surface area contributed by atoms with Crippen molar-refractivity contribution in [2.24, 2.45) is 0 Å². The molecule has 0 unspecified atom stereocenters. The maximum absolute atomic E-state index is 5.09. The van der Waals surface area contributed by atoms with Gasteiger partial charge in [-0.2, -0.15) is 0 Å². The first kappa shape index (κ1) is 6.58. The van der Waals surface area contributed by atoms with Gasteiger partial charge in [0.2, 0.25) is 0 Å². The average molecular weight is 143 g/mol. The standard InChI is InChI=1S/C7H13NO2/c1-8(6-2-9-3-6)7-4-10-5-7/h6-7H,2-5H2,1H3. The zero-order valence-electron chi connectivity index (χ0n) is 6.25. The van der Waals surface area contributed by atoms with Crippen LogP contribution in [0.15, 0.2) is 0 Å². The summed E-state index contributed by atoms with van der Waals surface area (Å²) in [5.74, 6) is 0. The third-order valence-electron chi connectivity index (χ3n) is 2.39. The molecule has 0 aromatic rings. The van der Waals surface area contributed by atoms with Gasteiger partial charge in [-0.1, -0.05) is 0 Å². The SMILES string of the molecule is CN(C1COC1)C1COC1. The monoisotopic (exact) mass is 143 g/mol. The van der Waals surface area contributed by atoms with Gasteiger partial charge in [-0.15, -0.1) is 0 Å². The lowest BCUT2D eigenvalue weighted by molar-refractivity contribution is -0.127. The molecule has 2 rings (SSSR count). The predicted molar refractivity (Wildman–Crippen MR) is 37.0 cm³/mol. The van der Waals surface area contributed by atoms with Crippen LogP contribution in [0.4, 0.5) is 0 Å². The zero-order chi connectivity index (χ0) is 6.97. The van der Waals surface area contributed by atoms with E-state index < -0.39 is 0 Å². The second-order valence-corrected chi connectivity index (χ2v) is 3.05. The highest BCUT2D eigenvalue weighted by molar-refractivity contribution is 4.83. The van der Waals surface area contributed by atoms with Crippen molar-refractivity contribution in [3.63, 3.8) is 0 Å². The van der Waals surface area contributed by atoms with Crippen LogP contribution in [0.5, 0.6) is 0 Å². The highest BCUT2D eigenvalue weighted by atomic mass is 16.5.